The first kappa shape index (κ1) is 19.8. The van der Waals surface area contributed by atoms with Crippen LogP contribution in [-0.2, 0) is 28.0 Å². The number of carbonyl (C=O) groups is 3. The topological polar surface area (TPSA) is 97.0 Å². The predicted octanol–water partition coefficient (Wildman–Crippen LogP) is 2.06. The Morgan fingerprint density at radius 2 is 1.80 bits per heavy atom. The Labute approximate surface area is 174 Å². The molecule has 156 valence electrons. The number of imide groups is 1. The van der Waals surface area contributed by atoms with Crippen LogP contribution in [0.2, 0.25) is 0 Å². The van der Waals surface area contributed by atoms with E-state index in [9.17, 15) is 14.4 Å². The monoisotopic (exact) mass is 409 g/mol. The second-order valence-corrected chi connectivity index (χ2v) is 7.53. The van der Waals surface area contributed by atoms with Crippen molar-refractivity contribution >= 4 is 17.8 Å². The molecule has 0 radical (unpaired) electrons. The maximum Gasteiger partial charge on any atom is 0.344 e. The first-order chi connectivity index (χ1) is 14.4. The van der Waals surface area contributed by atoms with Crippen molar-refractivity contribution in [3.05, 3.63) is 59.2 Å². The molecular weight excluding hydrogens is 386 g/mol. The summed E-state index contributed by atoms with van der Waals surface area (Å²) < 4.78 is 10.7. The number of nitrogens with zero attached hydrogens (tertiary/aromatic N) is 1. The number of rotatable bonds is 6. The molecule has 0 unspecified atom stereocenters. The van der Waals surface area contributed by atoms with Crippen molar-refractivity contribution in [2.45, 2.75) is 31.7 Å². The molecule has 1 heterocycles. The first-order valence-corrected chi connectivity index (χ1v) is 9.76. The Morgan fingerprint density at radius 3 is 2.53 bits per heavy atom. The lowest BCUT2D eigenvalue weighted by molar-refractivity contribution is -0.139. The maximum absolute atomic E-state index is 12.9. The average molecular weight is 409 g/mol. The number of hydrogen-bond acceptors (Lipinski definition) is 5. The number of benzene rings is 2. The van der Waals surface area contributed by atoms with Crippen LogP contribution in [0.15, 0.2) is 42.5 Å². The number of fused-ring (bicyclic) bond motifs is 1. The van der Waals surface area contributed by atoms with Gasteiger partial charge < -0.3 is 14.8 Å². The number of aryl methyl sites for hydroxylation is 2. The van der Waals surface area contributed by atoms with Gasteiger partial charge in [0.1, 0.15) is 17.0 Å². The molecule has 30 heavy (non-hydrogen) atoms. The largest absolute Gasteiger partial charge is 0.497 e. The van der Waals surface area contributed by atoms with Crippen LogP contribution in [0.1, 0.15) is 30.0 Å². The molecule has 2 aromatic rings. The molecule has 0 aromatic heterocycles. The van der Waals surface area contributed by atoms with Crippen molar-refractivity contribution in [2.24, 2.45) is 0 Å². The highest BCUT2D eigenvalue weighted by Gasteiger charge is 2.50. The lowest BCUT2D eigenvalue weighted by atomic mass is 9.92. The van der Waals surface area contributed by atoms with Crippen LogP contribution < -0.4 is 20.2 Å². The third-order valence-corrected chi connectivity index (χ3v) is 5.53. The van der Waals surface area contributed by atoms with Gasteiger partial charge in [-0.05, 0) is 67.1 Å². The second kappa shape index (κ2) is 7.70. The van der Waals surface area contributed by atoms with E-state index >= 15 is 0 Å². The van der Waals surface area contributed by atoms with Gasteiger partial charge in [-0.25, -0.2) is 4.79 Å². The van der Waals surface area contributed by atoms with Gasteiger partial charge in [0.15, 0.2) is 6.61 Å². The number of nitrogens with one attached hydrogen (secondary N) is 2. The fraction of sp³-hybridized carbons (Fsp3) is 0.318. The number of carbonyl (C=O) groups excluding carboxylic acids is 3. The zero-order valence-corrected chi connectivity index (χ0v) is 16.9. The van der Waals surface area contributed by atoms with Crippen molar-refractivity contribution in [3.63, 3.8) is 0 Å². The van der Waals surface area contributed by atoms with E-state index in [0.29, 0.717) is 22.1 Å². The summed E-state index contributed by atoms with van der Waals surface area (Å²) in [5, 5.41) is 3.33. The van der Waals surface area contributed by atoms with Gasteiger partial charge in [0.05, 0.1) is 7.11 Å². The number of amides is 4. The molecule has 0 spiro atoms. The van der Waals surface area contributed by atoms with Gasteiger partial charge in [-0.2, -0.15) is 5.01 Å². The van der Waals surface area contributed by atoms with Crippen LogP contribution in [0.4, 0.5) is 4.79 Å². The molecule has 1 fully saturated rings. The molecule has 2 aromatic carbocycles. The number of methoxy groups -OCH3 is 1. The molecular formula is C22H23N3O5. The summed E-state index contributed by atoms with van der Waals surface area (Å²) in [7, 11) is 1.54. The number of hydrazine groups is 1. The van der Waals surface area contributed by atoms with E-state index in [2.05, 4.69) is 10.7 Å². The number of ether oxygens (including phenoxy) is 2. The summed E-state index contributed by atoms with van der Waals surface area (Å²) in [5.41, 5.74) is 4.16. The summed E-state index contributed by atoms with van der Waals surface area (Å²) in [6.45, 7) is 1.28. The Balaban J connectivity index is 1.39. The predicted molar refractivity (Wildman–Crippen MR) is 108 cm³/mol. The summed E-state index contributed by atoms with van der Waals surface area (Å²) in [5.74, 6) is 0.0422. The zero-order valence-electron chi connectivity index (χ0n) is 16.9. The zero-order chi connectivity index (χ0) is 21.3. The third kappa shape index (κ3) is 3.56. The minimum atomic E-state index is -1.29. The molecule has 0 bridgehead atoms. The fourth-order valence-corrected chi connectivity index (χ4v) is 3.80. The molecule has 2 N–H and O–H groups in total. The van der Waals surface area contributed by atoms with Crippen LogP contribution in [0.3, 0.4) is 0 Å². The van der Waals surface area contributed by atoms with Gasteiger partial charge >= 0.3 is 6.03 Å². The third-order valence-electron chi connectivity index (χ3n) is 5.53. The molecule has 4 rings (SSSR count). The van der Waals surface area contributed by atoms with Crippen LogP contribution >= 0.6 is 0 Å². The van der Waals surface area contributed by atoms with Crippen molar-refractivity contribution in [3.8, 4) is 11.5 Å². The average Bonchev–Trinajstić information content (AvgIpc) is 3.30. The Kier molecular flexibility index (Phi) is 5.07. The van der Waals surface area contributed by atoms with Crippen molar-refractivity contribution in [1.82, 2.24) is 15.8 Å². The van der Waals surface area contributed by atoms with Crippen molar-refractivity contribution in [2.75, 3.05) is 13.7 Å². The molecule has 1 aliphatic heterocycles. The minimum Gasteiger partial charge on any atom is -0.497 e. The Bertz CT molecular complexity index is 1000. The van der Waals surface area contributed by atoms with Crippen molar-refractivity contribution in [1.29, 1.82) is 0 Å². The fourth-order valence-electron chi connectivity index (χ4n) is 3.80. The van der Waals surface area contributed by atoms with Gasteiger partial charge in [0.25, 0.3) is 11.8 Å². The van der Waals surface area contributed by atoms with Gasteiger partial charge in [0, 0.05) is 0 Å². The van der Waals surface area contributed by atoms with Crippen LogP contribution in [-0.4, -0.2) is 36.6 Å². The normalized spacial score (nSPS) is 20.0. The van der Waals surface area contributed by atoms with E-state index in [1.807, 2.05) is 18.2 Å². The highest BCUT2D eigenvalue weighted by molar-refractivity contribution is 6.08. The Morgan fingerprint density at radius 1 is 1.10 bits per heavy atom. The molecule has 0 saturated carbocycles. The van der Waals surface area contributed by atoms with E-state index in [4.69, 9.17) is 9.47 Å². The van der Waals surface area contributed by atoms with E-state index < -0.39 is 23.4 Å². The molecule has 8 nitrogen and oxygen atoms in total. The standard InChI is InChI=1S/C22H23N3O5/c1-22(16-7-10-17(29-2)11-8-16)20(27)25(21(28)23-22)24-19(26)13-30-18-9-6-14-4-3-5-15(14)12-18/h6-12H,3-5,13H2,1-2H3,(H,23,28)(H,24,26)/t22-/m1/s1. The quantitative estimate of drug-likeness (QED) is 0.712. The van der Waals surface area contributed by atoms with Crippen LogP contribution in [0.25, 0.3) is 0 Å². The second-order valence-electron chi connectivity index (χ2n) is 7.53. The highest BCUT2D eigenvalue weighted by atomic mass is 16.5. The molecule has 8 heteroatoms. The van der Waals surface area contributed by atoms with Crippen molar-refractivity contribution < 1.29 is 23.9 Å². The van der Waals surface area contributed by atoms with Gasteiger partial charge in [-0.15, -0.1) is 0 Å². The molecule has 1 aliphatic carbocycles. The highest BCUT2D eigenvalue weighted by Crippen LogP contribution is 2.29. The minimum absolute atomic E-state index is 0.310. The Hall–Kier alpha value is -3.55. The van der Waals surface area contributed by atoms with Crippen LogP contribution in [0.5, 0.6) is 11.5 Å². The summed E-state index contributed by atoms with van der Waals surface area (Å²) in [6.07, 6.45) is 3.19. The van der Waals surface area contributed by atoms with Gasteiger partial charge in [-0.1, -0.05) is 18.2 Å². The first-order valence-electron chi connectivity index (χ1n) is 9.76. The summed E-state index contributed by atoms with van der Waals surface area (Å²) in [6, 6.07) is 11.9. The summed E-state index contributed by atoms with van der Waals surface area (Å²) in [4.78, 5) is 37.5. The molecule has 1 saturated heterocycles. The molecule has 2 aliphatic rings. The van der Waals surface area contributed by atoms with E-state index in [-0.39, 0.29) is 6.61 Å². The van der Waals surface area contributed by atoms with Gasteiger partial charge in [0.2, 0.25) is 0 Å². The summed E-state index contributed by atoms with van der Waals surface area (Å²) >= 11 is 0. The van der Waals surface area contributed by atoms with Crippen LogP contribution in [0, 0.1) is 0 Å². The van der Waals surface area contributed by atoms with E-state index in [0.717, 1.165) is 19.3 Å². The SMILES string of the molecule is COc1ccc([C@@]2(C)NC(=O)N(NC(=O)COc3ccc4c(c3)CCC4)C2=O)cc1. The van der Waals surface area contributed by atoms with E-state index in [1.54, 1.807) is 38.3 Å². The molecule has 4 amide bonds. The lowest BCUT2D eigenvalue weighted by Gasteiger charge is -2.22. The maximum atomic E-state index is 12.9. The lowest BCUT2D eigenvalue weighted by Crippen LogP contribution is -2.49. The smallest absolute Gasteiger partial charge is 0.344 e. The number of hydrogen-bond donors (Lipinski definition) is 2. The van der Waals surface area contributed by atoms with Gasteiger partial charge in [-0.3, -0.25) is 15.0 Å². The number of urea groups is 1. The molecule has 1 atom stereocenters. The van der Waals surface area contributed by atoms with E-state index in [1.165, 1.54) is 11.1 Å².